The minimum atomic E-state index is -0.464. The van der Waals surface area contributed by atoms with Crippen molar-refractivity contribution in [2.75, 3.05) is 30.3 Å². The van der Waals surface area contributed by atoms with Crippen molar-refractivity contribution in [2.45, 2.75) is 102 Å². The summed E-state index contributed by atoms with van der Waals surface area (Å²) in [5.74, 6) is 0.745. The summed E-state index contributed by atoms with van der Waals surface area (Å²) in [7, 11) is 0. The first-order chi connectivity index (χ1) is 18.0. The number of nitrogens with one attached hydrogen (secondary N) is 2. The summed E-state index contributed by atoms with van der Waals surface area (Å²) in [6.45, 7) is 3.21. The van der Waals surface area contributed by atoms with Crippen molar-refractivity contribution in [3.05, 3.63) is 6.33 Å². The molecular formula is C26H42Cl2N8O3. The third-order valence-electron chi connectivity index (χ3n) is 8.03. The Bertz CT molecular complexity index is 1090. The van der Waals surface area contributed by atoms with Crippen LogP contribution in [0.15, 0.2) is 6.33 Å². The van der Waals surface area contributed by atoms with E-state index in [1.807, 2.05) is 6.33 Å². The van der Waals surface area contributed by atoms with Crippen LogP contribution in [0.5, 0.6) is 0 Å². The Labute approximate surface area is 242 Å². The molecule has 2 aliphatic carbocycles. The van der Waals surface area contributed by atoms with Gasteiger partial charge in [0.15, 0.2) is 17.0 Å². The number of fused-ring (bicyclic) bond motifs is 1. The fourth-order valence-corrected chi connectivity index (χ4v) is 5.89. The quantitative estimate of drug-likeness (QED) is 0.312. The average Bonchev–Trinajstić information content (AvgIpc) is 3.56. The Hall–Kier alpha value is -2.37. The van der Waals surface area contributed by atoms with E-state index in [0.717, 1.165) is 68.3 Å². The highest BCUT2D eigenvalue weighted by Crippen LogP contribution is 2.34. The molecule has 0 aromatic carbocycles. The molecule has 1 amide bonds. The van der Waals surface area contributed by atoms with Crippen LogP contribution in [0.2, 0.25) is 0 Å². The lowest BCUT2D eigenvalue weighted by Gasteiger charge is -2.32. The van der Waals surface area contributed by atoms with Crippen molar-refractivity contribution in [1.82, 2.24) is 24.4 Å². The van der Waals surface area contributed by atoms with Gasteiger partial charge in [0.1, 0.15) is 6.42 Å². The van der Waals surface area contributed by atoms with Crippen molar-refractivity contribution in [3.63, 3.8) is 0 Å². The summed E-state index contributed by atoms with van der Waals surface area (Å²) < 4.78 is 7.15. The molecule has 2 aromatic rings. The Balaban J connectivity index is 0.00000210. The molecule has 5 rings (SSSR count). The zero-order chi connectivity index (χ0) is 25.8. The second kappa shape index (κ2) is 14.3. The van der Waals surface area contributed by atoms with Crippen LogP contribution in [-0.4, -0.2) is 74.1 Å². The number of ether oxygens (including phenoxy) is 1. The largest absolute Gasteiger partial charge is 0.466 e. The number of rotatable bonds is 8. The van der Waals surface area contributed by atoms with Gasteiger partial charge in [-0.05, 0) is 58.3 Å². The number of aromatic nitrogens is 4. The van der Waals surface area contributed by atoms with E-state index in [9.17, 15) is 9.59 Å². The highest BCUT2D eigenvalue weighted by atomic mass is 35.5. The first kappa shape index (κ1) is 31.2. The van der Waals surface area contributed by atoms with Crippen LogP contribution in [-0.2, 0) is 14.3 Å². The summed E-state index contributed by atoms with van der Waals surface area (Å²) >= 11 is 0. The standard InChI is InChI=1S/C26H40N8O3.2ClH/c1-2-37-22(36)15-21(35)33-13-11-19(12-14-33)29-24-23-25(34(16-28-23)20-5-3-4-6-20)32-26(31-24)30-18-9-7-17(27)8-10-18;;/h16-20H,2-15,27H2,1H3,(H2,29,30,31,32);2*1H/t17-,18-;;. The van der Waals surface area contributed by atoms with Gasteiger partial charge in [-0.2, -0.15) is 9.97 Å². The zero-order valence-corrected chi connectivity index (χ0v) is 24.3. The predicted octanol–water partition coefficient (Wildman–Crippen LogP) is 3.82. The van der Waals surface area contributed by atoms with E-state index in [1.165, 1.54) is 12.8 Å². The van der Waals surface area contributed by atoms with Crippen molar-refractivity contribution in [1.29, 1.82) is 0 Å². The number of imidazole rings is 1. The summed E-state index contributed by atoms with van der Waals surface area (Å²) in [6.07, 6.45) is 12.1. The third kappa shape index (κ3) is 7.64. The van der Waals surface area contributed by atoms with E-state index in [-0.39, 0.29) is 55.8 Å². The van der Waals surface area contributed by atoms with Gasteiger partial charge in [-0.15, -0.1) is 24.8 Å². The van der Waals surface area contributed by atoms with E-state index < -0.39 is 5.97 Å². The average molecular weight is 586 g/mol. The molecule has 4 N–H and O–H groups in total. The molecule has 0 atom stereocenters. The van der Waals surface area contributed by atoms with Crippen LogP contribution in [0.3, 0.4) is 0 Å². The molecule has 39 heavy (non-hydrogen) atoms. The maximum atomic E-state index is 12.5. The van der Waals surface area contributed by atoms with Gasteiger partial charge >= 0.3 is 5.97 Å². The number of amides is 1. The van der Waals surface area contributed by atoms with Gasteiger partial charge < -0.3 is 30.6 Å². The van der Waals surface area contributed by atoms with Gasteiger partial charge in [-0.25, -0.2) is 4.98 Å². The van der Waals surface area contributed by atoms with Crippen molar-refractivity contribution >= 4 is 59.6 Å². The minimum absolute atomic E-state index is 0. The number of piperidine rings is 1. The first-order valence-electron chi connectivity index (χ1n) is 14.0. The number of esters is 1. The maximum Gasteiger partial charge on any atom is 0.315 e. The van der Waals surface area contributed by atoms with Gasteiger partial charge in [0.2, 0.25) is 11.9 Å². The van der Waals surface area contributed by atoms with Gasteiger partial charge in [0, 0.05) is 37.3 Å². The molecule has 1 aliphatic heterocycles. The summed E-state index contributed by atoms with van der Waals surface area (Å²) in [5.41, 5.74) is 7.78. The molecule has 3 fully saturated rings. The molecule has 218 valence electrons. The number of hydrogen-bond acceptors (Lipinski definition) is 9. The number of likely N-dealkylation sites (tertiary alicyclic amines) is 1. The number of nitrogens with zero attached hydrogens (tertiary/aromatic N) is 5. The highest BCUT2D eigenvalue weighted by molar-refractivity contribution is 5.94. The first-order valence-corrected chi connectivity index (χ1v) is 14.0. The number of anilines is 2. The fraction of sp³-hybridized carbons (Fsp3) is 0.731. The van der Waals surface area contributed by atoms with E-state index in [1.54, 1.807) is 11.8 Å². The number of carbonyl (C=O) groups excluding carboxylic acids is 2. The maximum absolute atomic E-state index is 12.5. The van der Waals surface area contributed by atoms with E-state index in [2.05, 4.69) is 15.2 Å². The molecule has 0 unspecified atom stereocenters. The van der Waals surface area contributed by atoms with Gasteiger partial charge in [-0.1, -0.05) is 12.8 Å². The lowest BCUT2D eigenvalue weighted by Crippen LogP contribution is -2.43. The second-order valence-electron chi connectivity index (χ2n) is 10.7. The third-order valence-corrected chi connectivity index (χ3v) is 8.03. The molecule has 3 aliphatic rings. The zero-order valence-electron chi connectivity index (χ0n) is 22.6. The van der Waals surface area contributed by atoms with Gasteiger partial charge in [0.05, 0.1) is 12.9 Å². The molecule has 11 nitrogen and oxygen atoms in total. The fourth-order valence-electron chi connectivity index (χ4n) is 5.89. The minimum Gasteiger partial charge on any atom is -0.466 e. The van der Waals surface area contributed by atoms with Gasteiger partial charge in [-0.3, -0.25) is 9.59 Å². The Kier molecular flexibility index (Phi) is 11.4. The second-order valence-corrected chi connectivity index (χ2v) is 10.7. The van der Waals surface area contributed by atoms with Crippen LogP contribution in [0.1, 0.15) is 83.6 Å². The number of nitrogens with two attached hydrogens (primary N) is 1. The summed E-state index contributed by atoms with van der Waals surface area (Å²) in [5, 5.41) is 7.19. The van der Waals surface area contributed by atoms with Crippen LogP contribution in [0.25, 0.3) is 11.2 Å². The van der Waals surface area contributed by atoms with E-state index >= 15 is 0 Å². The molecule has 2 aromatic heterocycles. The Morgan fingerprint density at radius 1 is 0.974 bits per heavy atom. The number of hydrogen-bond donors (Lipinski definition) is 3. The summed E-state index contributed by atoms with van der Waals surface area (Å²) in [4.78, 5) is 40.5. The van der Waals surface area contributed by atoms with E-state index in [0.29, 0.717) is 31.1 Å². The SMILES string of the molecule is CCOC(=O)CC(=O)N1CCC(Nc2nc(N[C@H]3CC[C@H](N)CC3)nc3c2ncn3C2CCCC2)CC1.Cl.Cl. The molecule has 3 heterocycles. The van der Waals surface area contributed by atoms with Crippen LogP contribution < -0.4 is 16.4 Å². The van der Waals surface area contributed by atoms with Crippen LogP contribution in [0.4, 0.5) is 11.8 Å². The summed E-state index contributed by atoms with van der Waals surface area (Å²) in [6, 6.07) is 1.20. The molecule has 0 radical (unpaired) electrons. The Morgan fingerprint density at radius 2 is 1.64 bits per heavy atom. The molecule has 0 spiro atoms. The molecule has 1 saturated heterocycles. The smallest absolute Gasteiger partial charge is 0.315 e. The van der Waals surface area contributed by atoms with E-state index in [4.69, 9.17) is 25.4 Å². The molecular weight excluding hydrogens is 543 g/mol. The predicted molar refractivity (Wildman–Crippen MR) is 156 cm³/mol. The van der Waals surface area contributed by atoms with Crippen molar-refractivity contribution in [3.8, 4) is 0 Å². The number of halogens is 2. The topological polar surface area (TPSA) is 140 Å². The Morgan fingerprint density at radius 3 is 2.31 bits per heavy atom. The normalized spacial score (nSPS) is 22.2. The number of carbonyl (C=O) groups is 2. The lowest BCUT2D eigenvalue weighted by atomic mass is 9.92. The molecule has 0 bridgehead atoms. The molecule has 13 heteroatoms. The van der Waals surface area contributed by atoms with Crippen molar-refractivity contribution < 1.29 is 14.3 Å². The van der Waals surface area contributed by atoms with Gasteiger partial charge in [0.25, 0.3) is 0 Å². The lowest BCUT2D eigenvalue weighted by molar-refractivity contribution is -0.148. The monoisotopic (exact) mass is 584 g/mol. The highest BCUT2D eigenvalue weighted by Gasteiger charge is 2.27. The van der Waals surface area contributed by atoms with Crippen molar-refractivity contribution in [2.24, 2.45) is 5.73 Å². The van der Waals surface area contributed by atoms with Crippen LogP contribution >= 0.6 is 24.8 Å². The van der Waals surface area contributed by atoms with Crippen LogP contribution in [0, 0.1) is 0 Å². The molecule has 2 saturated carbocycles.